The molecule has 0 atom stereocenters. The molecule has 0 bridgehead atoms. The maximum absolute atomic E-state index is 13.6. The lowest BCUT2D eigenvalue weighted by Gasteiger charge is -2.19. The minimum absolute atomic E-state index is 0.0275. The Bertz CT molecular complexity index is 4110. The van der Waals surface area contributed by atoms with Crippen molar-refractivity contribution in [2.45, 2.75) is 33.4 Å². The van der Waals surface area contributed by atoms with E-state index in [2.05, 4.69) is 31.9 Å². The fourth-order valence-electron chi connectivity index (χ4n) is 8.34. The lowest BCUT2D eigenvalue weighted by molar-refractivity contribution is 0.101. The molecule has 29 heteroatoms. The third-order valence-electron chi connectivity index (χ3n) is 12.0. The van der Waals surface area contributed by atoms with Crippen LogP contribution in [-0.2, 0) is 54.6 Å². The molecule has 25 nitrogen and oxygen atoms in total. The summed E-state index contributed by atoms with van der Waals surface area (Å²) >= 11 is 0. The van der Waals surface area contributed by atoms with Crippen LogP contribution in [0.15, 0.2) is 141 Å². The third kappa shape index (κ3) is 11.6. The first-order valence-electron chi connectivity index (χ1n) is 22.2. The molecule has 0 fully saturated rings. The number of benzene rings is 6. The number of aromatic nitrogens is 2. The fourth-order valence-corrected chi connectivity index (χ4v) is 11.4. The summed E-state index contributed by atoms with van der Waals surface area (Å²) in [5, 5.41) is 13.6. The Morgan fingerprint density at radius 2 is 0.756 bits per heavy atom. The number of hydrogen-bond acceptors (Lipinski definition) is 17. The van der Waals surface area contributed by atoms with Gasteiger partial charge in [0.2, 0.25) is 0 Å². The summed E-state index contributed by atoms with van der Waals surface area (Å²) in [6.45, 7) is 3.23. The van der Waals surface area contributed by atoms with Crippen LogP contribution in [0.3, 0.4) is 0 Å². The van der Waals surface area contributed by atoms with Crippen molar-refractivity contribution in [2.24, 2.45) is 14.1 Å². The number of carbonyl (C=O) groups excluding carboxylic acids is 5. The molecule has 0 aliphatic rings. The number of aryl methyl sites for hydroxylation is 4. The molecule has 8 aromatic rings. The average Bonchev–Trinajstić information content (AvgIpc) is 4.03. The van der Waals surface area contributed by atoms with Crippen LogP contribution < -0.4 is 31.9 Å². The van der Waals surface area contributed by atoms with Crippen molar-refractivity contribution in [1.82, 2.24) is 9.13 Å². The minimum Gasteiger partial charge on any atom is -0.744 e. The molecule has 404 valence electrons. The van der Waals surface area contributed by atoms with Gasteiger partial charge in [-0.05, 0) is 85.6 Å². The zero-order valence-electron chi connectivity index (χ0n) is 40.5. The van der Waals surface area contributed by atoms with E-state index in [1.54, 1.807) is 13.8 Å². The molecule has 6 N–H and O–H groups in total. The molecular formula is C49H38N8O17S4-4. The number of urea groups is 1. The van der Waals surface area contributed by atoms with Crippen LogP contribution in [-0.4, -0.2) is 90.7 Å². The smallest absolute Gasteiger partial charge is 0.323 e. The number of rotatable bonds is 14. The maximum atomic E-state index is 13.6. The van der Waals surface area contributed by atoms with Gasteiger partial charge in [-0.25, -0.2) is 38.5 Å². The van der Waals surface area contributed by atoms with Crippen LogP contribution in [0.5, 0.6) is 0 Å². The first-order valence-corrected chi connectivity index (χ1v) is 27.8. The Morgan fingerprint density at radius 3 is 1.10 bits per heavy atom. The van der Waals surface area contributed by atoms with Gasteiger partial charge in [0, 0.05) is 70.5 Å². The molecule has 6 aromatic carbocycles. The van der Waals surface area contributed by atoms with E-state index < -0.39 is 112 Å². The van der Waals surface area contributed by atoms with E-state index in [0.29, 0.717) is 11.1 Å². The first kappa shape index (κ1) is 55.4. The predicted molar refractivity (Wildman–Crippen MR) is 277 cm³/mol. The topological polar surface area (TPSA) is 396 Å². The van der Waals surface area contributed by atoms with E-state index in [-0.39, 0.29) is 56.0 Å². The van der Waals surface area contributed by atoms with Crippen molar-refractivity contribution >= 4 is 126 Å². The van der Waals surface area contributed by atoms with Crippen LogP contribution in [0.4, 0.5) is 38.9 Å². The van der Waals surface area contributed by atoms with Crippen LogP contribution in [0, 0.1) is 13.8 Å². The molecule has 0 aliphatic heterocycles. The van der Waals surface area contributed by atoms with E-state index in [9.17, 15) is 75.9 Å². The van der Waals surface area contributed by atoms with Gasteiger partial charge in [0.1, 0.15) is 51.9 Å². The van der Waals surface area contributed by atoms with Gasteiger partial charge < -0.3 is 59.2 Å². The fraction of sp³-hybridized carbons (Fsp3) is 0.0816. The molecule has 0 saturated heterocycles. The van der Waals surface area contributed by atoms with Gasteiger partial charge in [-0.1, -0.05) is 48.5 Å². The van der Waals surface area contributed by atoms with Gasteiger partial charge in [-0.2, -0.15) is 0 Å². The van der Waals surface area contributed by atoms with Crippen LogP contribution in [0.2, 0.25) is 0 Å². The van der Waals surface area contributed by atoms with E-state index >= 15 is 0 Å². The van der Waals surface area contributed by atoms with E-state index in [1.807, 2.05) is 0 Å². The van der Waals surface area contributed by atoms with E-state index in [1.165, 1.54) is 84.2 Å². The van der Waals surface area contributed by atoms with Crippen molar-refractivity contribution in [1.29, 1.82) is 0 Å². The van der Waals surface area contributed by atoms with Crippen LogP contribution in [0.25, 0.3) is 21.5 Å². The highest BCUT2D eigenvalue weighted by Crippen LogP contribution is 2.36. The second kappa shape index (κ2) is 20.6. The Morgan fingerprint density at radius 1 is 0.397 bits per heavy atom. The number of nitrogens with zero attached hydrogens (tertiary/aromatic N) is 2. The Balaban J connectivity index is 0.915. The number of fused-ring (bicyclic) bond motifs is 2. The molecular weight excluding hydrogens is 1100 g/mol. The molecule has 0 saturated carbocycles. The first-order chi connectivity index (χ1) is 36.4. The van der Waals surface area contributed by atoms with Gasteiger partial charge in [0.15, 0.2) is 0 Å². The number of nitrogens with one attached hydrogen (secondary N) is 6. The Kier molecular flexibility index (Phi) is 14.7. The SMILES string of the molecule is Cc1ccc(C(=O)Nc2ccc3c(S(=O)(=O)[O-])cccc3c2S(=O)(=O)[O-])cc1NC(=O)c1cc(NC(=O)Nc2cc(C(=O)Nc3cc(C(=O)Nc4ccc5c(S(=O)(=O)[O-])cccc5c4S(=O)(=O)[O-])ccc3C)n(C)c2)cn1C. The van der Waals surface area contributed by atoms with Crippen molar-refractivity contribution < 1.29 is 75.9 Å². The average molecular weight is 1140 g/mol. The van der Waals surface area contributed by atoms with E-state index in [0.717, 1.165) is 60.7 Å². The summed E-state index contributed by atoms with van der Waals surface area (Å²) in [6, 6.07) is 20.3. The van der Waals surface area contributed by atoms with Crippen molar-refractivity contribution in [2.75, 3.05) is 31.9 Å². The third-order valence-corrected chi connectivity index (χ3v) is 15.6. The lowest BCUT2D eigenvalue weighted by Crippen LogP contribution is -2.19. The Hall–Kier alpha value is -8.81. The van der Waals surface area contributed by atoms with Crippen LogP contribution in [0.1, 0.15) is 52.8 Å². The molecule has 0 radical (unpaired) electrons. The van der Waals surface area contributed by atoms with Crippen molar-refractivity contribution in [3.05, 3.63) is 155 Å². The summed E-state index contributed by atoms with van der Waals surface area (Å²) in [7, 11) is -17.9. The second-order valence-electron chi connectivity index (χ2n) is 17.3. The van der Waals surface area contributed by atoms with Gasteiger partial charge in [-0.3, -0.25) is 19.2 Å². The largest absolute Gasteiger partial charge is 0.744 e. The molecule has 78 heavy (non-hydrogen) atoms. The van der Waals surface area contributed by atoms with Crippen LogP contribution >= 0.6 is 0 Å². The standard InChI is InChI=1S/C49H42N8O17S4/c1-25-11-13-27(45(58)52-35-17-15-31-33(43(35)77(69,70)71)7-5-9-41(31)75(63,64)65)19-37(25)54-47(60)39-21-29(23-56(39)3)50-49(62)51-30-22-40(57(4)24-30)48(61)55-38-20-28(14-12-26(38)2)46(59)53-36-18-16-32-34(44(36)78(72,73)74)8-6-10-42(32)76(66,67)68/h5-24H,1-4H3,(H,52,58)(H,53,59)(H,54,60)(H,55,61)(H2,50,51,62)(H,63,64,65)(H,66,67,68)(H,69,70,71)(H,72,73,74)/p-4. The summed E-state index contributed by atoms with van der Waals surface area (Å²) in [5.41, 5.74) is 0.330. The number of amides is 6. The zero-order valence-corrected chi connectivity index (χ0v) is 43.8. The number of hydrogen-bond donors (Lipinski definition) is 6. The van der Waals surface area contributed by atoms with E-state index in [4.69, 9.17) is 0 Å². The van der Waals surface area contributed by atoms with Crippen molar-refractivity contribution in [3.63, 3.8) is 0 Å². The molecule has 0 aliphatic carbocycles. The molecule has 0 spiro atoms. The quantitative estimate of drug-likeness (QED) is 0.0726. The number of anilines is 6. The lowest BCUT2D eigenvalue weighted by atomic mass is 10.1. The minimum atomic E-state index is -5.38. The highest BCUT2D eigenvalue weighted by molar-refractivity contribution is 7.87. The summed E-state index contributed by atoms with van der Waals surface area (Å²) in [6.07, 6.45) is 2.83. The predicted octanol–water partition coefficient (Wildman–Crippen LogP) is 5.56. The maximum Gasteiger partial charge on any atom is 0.323 e. The highest BCUT2D eigenvalue weighted by atomic mass is 32.2. The van der Waals surface area contributed by atoms with Gasteiger partial charge in [0.25, 0.3) is 23.6 Å². The molecule has 8 rings (SSSR count). The molecule has 2 aromatic heterocycles. The van der Waals surface area contributed by atoms with Crippen molar-refractivity contribution in [3.8, 4) is 0 Å². The summed E-state index contributed by atoms with van der Waals surface area (Å²) in [5.74, 6) is -3.26. The highest BCUT2D eigenvalue weighted by Gasteiger charge is 2.24. The summed E-state index contributed by atoms with van der Waals surface area (Å²) in [4.78, 5) is 63.8. The molecule has 2 heterocycles. The second-order valence-corrected chi connectivity index (χ2v) is 22.6. The normalized spacial score (nSPS) is 12.0. The number of carbonyl (C=O) groups is 5. The Labute approximate surface area is 443 Å². The monoisotopic (exact) mass is 1140 g/mol. The van der Waals surface area contributed by atoms with Gasteiger partial charge in [0.05, 0.1) is 42.3 Å². The molecule has 0 unspecified atom stereocenters. The van der Waals surface area contributed by atoms with Gasteiger partial charge in [-0.15, -0.1) is 0 Å². The summed E-state index contributed by atoms with van der Waals surface area (Å²) < 4.78 is 148. The molecule has 6 amide bonds. The zero-order chi connectivity index (χ0) is 57.0. The van der Waals surface area contributed by atoms with Gasteiger partial charge >= 0.3 is 6.03 Å².